The number of ether oxygens (including phenoxy) is 1. The molecule has 1 aliphatic heterocycles. The van der Waals surface area contributed by atoms with Crippen molar-refractivity contribution in [1.82, 2.24) is 4.90 Å². The molecular formula is C28H49NO3. The van der Waals surface area contributed by atoms with E-state index < -0.39 is 5.60 Å². The molecule has 5 fully saturated rings. The van der Waals surface area contributed by atoms with Crippen molar-refractivity contribution in [2.45, 2.75) is 105 Å². The average Bonchev–Trinajstić information content (AvgIpc) is 3.11. The first-order valence-corrected chi connectivity index (χ1v) is 13.2. The Morgan fingerprint density at radius 1 is 0.938 bits per heavy atom. The Bertz CT molecular complexity index is 701. The number of nitrogens with zero attached hydrogens (tertiary/aromatic N) is 1. The molecule has 4 aliphatic carbocycles. The van der Waals surface area contributed by atoms with Gasteiger partial charge in [-0.2, -0.15) is 0 Å². The molecule has 32 heavy (non-hydrogen) atoms. The number of fused-ring (bicyclic) bond motifs is 5. The second-order valence-electron chi connectivity index (χ2n) is 12.8. The SMILES string of the molecule is C.CC(C(=O)[C@H]1CC[C@H]2[C@@H]3CC[C@H]4C[C@](C)(O)CC[C@]4(C)[C@H]3CC[C@]12C)N1CCOCC1. The van der Waals surface area contributed by atoms with Crippen LogP contribution >= 0.6 is 0 Å². The van der Waals surface area contributed by atoms with Crippen molar-refractivity contribution in [3.63, 3.8) is 0 Å². The van der Waals surface area contributed by atoms with Crippen molar-refractivity contribution in [2.24, 2.45) is 40.4 Å². The summed E-state index contributed by atoms with van der Waals surface area (Å²) in [5.41, 5.74) is 0.137. The van der Waals surface area contributed by atoms with Crippen LogP contribution in [0.1, 0.15) is 92.9 Å². The van der Waals surface area contributed by atoms with Crippen molar-refractivity contribution in [1.29, 1.82) is 0 Å². The number of aliphatic hydroxyl groups is 1. The van der Waals surface area contributed by atoms with Gasteiger partial charge in [0.05, 0.1) is 24.9 Å². The number of ketones is 1. The molecule has 0 bridgehead atoms. The van der Waals surface area contributed by atoms with Crippen LogP contribution in [0.4, 0.5) is 0 Å². The first-order valence-electron chi connectivity index (χ1n) is 13.2. The molecule has 1 N–H and O–H groups in total. The summed E-state index contributed by atoms with van der Waals surface area (Å²) in [4.78, 5) is 16.1. The number of hydrogen-bond donors (Lipinski definition) is 1. The zero-order chi connectivity index (χ0) is 22.0. The third-order valence-electron chi connectivity index (χ3n) is 11.3. The zero-order valence-electron chi connectivity index (χ0n) is 20.4. The monoisotopic (exact) mass is 447 g/mol. The fourth-order valence-electron chi connectivity index (χ4n) is 9.33. The van der Waals surface area contributed by atoms with Gasteiger partial charge >= 0.3 is 0 Å². The smallest absolute Gasteiger partial charge is 0.153 e. The van der Waals surface area contributed by atoms with Gasteiger partial charge in [-0.25, -0.2) is 0 Å². The van der Waals surface area contributed by atoms with Crippen LogP contribution < -0.4 is 0 Å². The molecule has 1 unspecified atom stereocenters. The molecule has 0 amide bonds. The fraction of sp³-hybridized carbons (Fsp3) is 0.964. The van der Waals surface area contributed by atoms with Crippen LogP contribution in [0.2, 0.25) is 0 Å². The summed E-state index contributed by atoms with van der Waals surface area (Å²) in [5.74, 6) is 3.75. The number of Topliss-reactive ketones (excluding diaryl/α,β-unsaturated/α-hetero) is 1. The lowest BCUT2D eigenvalue weighted by atomic mass is 9.44. The maximum Gasteiger partial charge on any atom is 0.153 e. The van der Waals surface area contributed by atoms with Crippen LogP contribution in [0.5, 0.6) is 0 Å². The third-order valence-corrected chi connectivity index (χ3v) is 11.3. The van der Waals surface area contributed by atoms with Crippen LogP contribution in [0.25, 0.3) is 0 Å². The summed E-state index contributed by atoms with van der Waals surface area (Å²) >= 11 is 0. The maximum absolute atomic E-state index is 13.7. The van der Waals surface area contributed by atoms with Gasteiger partial charge in [-0.1, -0.05) is 21.3 Å². The van der Waals surface area contributed by atoms with Crippen molar-refractivity contribution in [2.75, 3.05) is 26.3 Å². The molecule has 9 atom stereocenters. The summed E-state index contributed by atoms with van der Waals surface area (Å²) in [6, 6.07) is 0.0380. The van der Waals surface area contributed by atoms with Crippen molar-refractivity contribution >= 4 is 5.78 Å². The van der Waals surface area contributed by atoms with Gasteiger partial charge in [-0.3, -0.25) is 9.69 Å². The van der Waals surface area contributed by atoms with Gasteiger partial charge in [0.25, 0.3) is 0 Å². The summed E-state index contributed by atoms with van der Waals surface area (Å²) in [5, 5.41) is 10.7. The molecule has 184 valence electrons. The first kappa shape index (κ1) is 24.7. The standard InChI is InChI=1S/C27H45NO3.CH4/c1-18(28-13-15-31-16-14-28)24(29)23-8-7-21-20-6-5-19-17-25(2,30)11-12-26(19,3)22(20)9-10-27(21,23)4;/h18-23,30H,5-17H2,1-4H3;1H4/t18?,19-,20-,21-,22-,23+,25+,26-,27-;/m0./s1. The summed E-state index contributed by atoms with van der Waals surface area (Å²) in [6.07, 6.45) is 10.6. The van der Waals surface area contributed by atoms with Gasteiger partial charge in [-0.15, -0.1) is 0 Å². The van der Waals surface area contributed by atoms with E-state index in [0.717, 1.165) is 63.3 Å². The molecule has 0 aromatic rings. The van der Waals surface area contributed by atoms with E-state index in [1.807, 2.05) is 0 Å². The normalized spacial score (nSPS) is 49.8. The Labute approximate surface area is 196 Å². The molecule has 1 heterocycles. The molecule has 1 saturated heterocycles. The minimum Gasteiger partial charge on any atom is -0.390 e. The summed E-state index contributed by atoms with van der Waals surface area (Å²) in [6.45, 7) is 12.6. The molecule has 4 nitrogen and oxygen atoms in total. The van der Waals surface area contributed by atoms with Crippen LogP contribution in [0, 0.1) is 40.4 Å². The summed E-state index contributed by atoms with van der Waals surface area (Å²) in [7, 11) is 0. The van der Waals surface area contributed by atoms with E-state index in [4.69, 9.17) is 4.74 Å². The highest BCUT2D eigenvalue weighted by atomic mass is 16.5. The molecular weight excluding hydrogens is 398 g/mol. The fourth-order valence-corrected chi connectivity index (χ4v) is 9.33. The molecule has 4 saturated carbocycles. The maximum atomic E-state index is 13.7. The average molecular weight is 448 g/mol. The molecule has 4 heteroatoms. The van der Waals surface area contributed by atoms with Crippen LogP contribution in [0.3, 0.4) is 0 Å². The highest BCUT2D eigenvalue weighted by molar-refractivity contribution is 5.87. The Morgan fingerprint density at radius 2 is 1.62 bits per heavy atom. The molecule has 0 aromatic heterocycles. The van der Waals surface area contributed by atoms with Crippen molar-refractivity contribution < 1.29 is 14.6 Å². The van der Waals surface area contributed by atoms with Crippen LogP contribution in [-0.4, -0.2) is 53.7 Å². The van der Waals surface area contributed by atoms with E-state index in [0.29, 0.717) is 17.1 Å². The topological polar surface area (TPSA) is 49.8 Å². The first-order chi connectivity index (χ1) is 14.7. The van der Waals surface area contributed by atoms with Gasteiger partial charge in [0.15, 0.2) is 5.78 Å². The zero-order valence-corrected chi connectivity index (χ0v) is 20.4. The van der Waals surface area contributed by atoms with Gasteiger partial charge < -0.3 is 9.84 Å². The van der Waals surface area contributed by atoms with Crippen molar-refractivity contribution in [3.8, 4) is 0 Å². The predicted molar refractivity (Wildman–Crippen MR) is 129 cm³/mol. The van der Waals surface area contributed by atoms with E-state index in [-0.39, 0.29) is 24.8 Å². The lowest BCUT2D eigenvalue weighted by Crippen LogP contribution is -2.56. The molecule has 0 aromatic carbocycles. The minimum absolute atomic E-state index is 0. The Hall–Kier alpha value is -0.450. The van der Waals surface area contributed by atoms with Gasteiger partial charge in [0.1, 0.15) is 0 Å². The van der Waals surface area contributed by atoms with Gasteiger partial charge in [-0.05, 0) is 106 Å². The van der Waals surface area contributed by atoms with Crippen molar-refractivity contribution in [3.05, 3.63) is 0 Å². The van der Waals surface area contributed by atoms with Gasteiger partial charge in [0.2, 0.25) is 0 Å². The molecule has 0 radical (unpaired) electrons. The second-order valence-corrected chi connectivity index (χ2v) is 12.8. The van der Waals surface area contributed by atoms with Crippen LogP contribution in [0.15, 0.2) is 0 Å². The quantitative estimate of drug-likeness (QED) is 0.636. The molecule has 5 rings (SSSR count). The number of hydrogen-bond acceptors (Lipinski definition) is 4. The lowest BCUT2D eigenvalue weighted by molar-refractivity contribution is -0.152. The Balaban J connectivity index is 0.00000245. The van der Waals surface area contributed by atoms with Crippen LogP contribution in [-0.2, 0) is 9.53 Å². The predicted octanol–water partition coefficient (Wildman–Crippen LogP) is 5.32. The van der Waals surface area contributed by atoms with E-state index >= 15 is 0 Å². The molecule has 0 spiro atoms. The summed E-state index contributed by atoms with van der Waals surface area (Å²) < 4.78 is 5.52. The van der Waals surface area contributed by atoms with E-state index in [1.54, 1.807) is 0 Å². The van der Waals surface area contributed by atoms with E-state index in [9.17, 15) is 9.90 Å². The highest BCUT2D eigenvalue weighted by Crippen LogP contribution is 2.68. The van der Waals surface area contributed by atoms with E-state index in [2.05, 4.69) is 32.6 Å². The Kier molecular flexibility index (Phi) is 6.66. The lowest BCUT2D eigenvalue weighted by Gasteiger charge is -2.62. The number of carbonyl (C=O) groups excluding carboxylic acids is 1. The largest absolute Gasteiger partial charge is 0.390 e. The van der Waals surface area contributed by atoms with Gasteiger partial charge in [0, 0.05) is 19.0 Å². The third kappa shape index (κ3) is 3.81. The Morgan fingerprint density at radius 3 is 2.34 bits per heavy atom. The highest BCUT2D eigenvalue weighted by Gasteiger charge is 2.62. The molecule has 5 aliphatic rings. The number of morpholine rings is 1. The van der Waals surface area contributed by atoms with E-state index in [1.165, 1.54) is 38.5 Å². The number of rotatable bonds is 3. The number of carbonyl (C=O) groups is 1. The second kappa shape index (κ2) is 8.64. The minimum atomic E-state index is -0.458.